The van der Waals surface area contributed by atoms with E-state index < -0.39 is 0 Å². The van der Waals surface area contributed by atoms with Crippen LogP contribution in [0.25, 0.3) is 0 Å². The van der Waals surface area contributed by atoms with Gasteiger partial charge in [-0.15, -0.1) is 0 Å². The van der Waals surface area contributed by atoms with Gasteiger partial charge >= 0.3 is 0 Å². The molecule has 0 bridgehead atoms. The Labute approximate surface area is 169 Å². The molecule has 0 radical (unpaired) electrons. The standard InChI is InChI=1S/C24H33N3O/c1-3-26(4-2)18-21-12-8-14-23(16-21)25-24(28)22-13-9-15-27(19-22)17-20-10-6-5-7-11-20/h5-8,10-12,14,16,22H,3-4,9,13,15,17-19H2,1-2H3,(H,25,28). The van der Waals surface area contributed by atoms with Crippen molar-refractivity contribution in [3.8, 4) is 0 Å². The van der Waals surface area contributed by atoms with Crippen molar-refractivity contribution < 1.29 is 4.79 Å². The fraction of sp³-hybridized carbons (Fsp3) is 0.458. The fourth-order valence-electron chi connectivity index (χ4n) is 3.95. The third kappa shape index (κ3) is 5.91. The van der Waals surface area contributed by atoms with Crippen LogP contribution in [0.15, 0.2) is 54.6 Å². The zero-order valence-corrected chi connectivity index (χ0v) is 17.2. The van der Waals surface area contributed by atoms with Crippen molar-refractivity contribution in [3.05, 3.63) is 65.7 Å². The molecule has 150 valence electrons. The Morgan fingerprint density at radius 1 is 1.07 bits per heavy atom. The van der Waals surface area contributed by atoms with Gasteiger partial charge in [0.2, 0.25) is 5.91 Å². The Bertz CT molecular complexity index is 743. The third-order valence-corrected chi connectivity index (χ3v) is 5.62. The quantitative estimate of drug-likeness (QED) is 0.739. The molecular formula is C24H33N3O. The first-order valence-electron chi connectivity index (χ1n) is 10.6. The van der Waals surface area contributed by atoms with Crippen LogP contribution in [0.4, 0.5) is 5.69 Å². The monoisotopic (exact) mass is 379 g/mol. The Kier molecular flexibility index (Phi) is 7.63. The van der Waals surface area contributed by atoms with Crippen molar-refractivity contribution in [2.75, 3.05) is 31.5 Å². The van der Waals surface area contributed by atoms with Crippen LogP contribution in [0.1, 0.15) is 37.8 Å². The predicted octanol–water partition coefficient (Wildman–Crippen LogP) is 4.38. The van der Waals surface area contributed by atoms with Gasteiger partial charge in [0.25, 0.3) is 0 Å². The second kappa shape index (κ2) is 10.4. The SMILES string of the molecule is CCN(CC)Cc1cccc(NC(=O)C2CCCN(Cc3ccccc3)C2)c1. The van der Waals surface area contributed by atoms with Crippen molar-refractivity contribution in [1.29, 1.82) is 0 Å². The summed E-state index contributed by atoms with van der Waals surface area (Å²) < 4.78 is 0. The van der Waals surface area contributed by atoms with Gasteiger partial charge in [-0.1, -0.05) is 56.3 Å². The minimum Gasteiger partial charge on any atom is -0.326 e. The number of nitrogens with one attached hydrogen (secondary N) is 1. The maximum absolute atomic E-state index is 12.9. The third-order valence-electron chi connectivity index (χ3n) is 5.62. The summed E-state index contributed by atoms with van der Waals surface area (Å²) in [5.74, 6) is 0.210. The lowest BCUT2D eigenvalue weighted by Crippen LogP contribution is -2.40. The average Bonchev–Trinajstić information content (AvgIpc) is 2.73. The molecular weight excluding hydrogens is 346 g/mol. The number of benzene rings is 2. The molecule has 0 aliphatic carbocycles. The van der Waals surface area contributed by atoms with Crippen LogP contribution >= 0.6 is 0 Å². The zero-order chi connectivity index (χ0) is 19.8. The van der Waals surface area contributed by atoms with Crippen LogP contribution in [0.5, 0.6) is 0 Å². The van der Waals surface area contributed by atoms with E-state index >= 15 is 0 Å². The molecule has 28 heavy (non-hydrogen) atoms. The van der Waals surface area contributed by atoms with E-state index in [2.05, 4.69) is 65.4 Å². The van der Waals surface area contributed by atoms with Crippen LogP contribution < -0.4 is 5.32 Å². The predicted molar refractivity (Wildman–Crippen MR) is 116 cm³/mol. The summed E-state index contributed by atoms with van der Waals surface area (Å²) in [6.07, 6.45) is 2.04. The van der Waals surface area contributed by atoms with E-state index in [1.807, 2.05) is 18.2 Å². The molecule has 1 aliphatic rings. The molecule has 1 aliphatic heterocycles. The Morgan fingerprint density at radius 3 is 2.57 bits per heavy atom. The lowest BCUT2D eigenvalue weighted by atomic mass is 9.96. The number of amides is 1. The van der Waals surface area contributed by atoms with Gasteiger partial charge in [0.1, 0.15) is 0 Å². The molecule has 4 heteroatoms. The second-order valence-electron chi connectivity index (χ2n) is 7.71. The molecule has 0 aromatic heterocycles. The van der Waals surface area contributed by atoms with Gasteiger partial charge in [-0.3, -0.25) is 14.6 Å². The first-order chi connectivity index (χ1) is 13.7. The van der Waals surface area contributed by atoms with Crippen molar-refractivity contribution in [1.82, 2.24) is 9.80 Å². The van der Waals surface area contributed by atoms with Crippen molar-refractivity contribution >= 4 is 11.6 Å². The first-order valence-corrected chi connectivity index (χ1v) is 10.6. The first kappa shape index (κ1) is 20.6. The number of anilines is 1. The van der Waals surface area contributed by atoms with Gasteiger partial charge in [-0.2, -0.15) is 0 Å². The summed E-state index contributed by atoms with van der Waals surface area (Å²) in [6.45, 7) is 10.2. The molecule has 1 heterocycles. The summed E-state index contributed by atoms with van der Waals surface area (Å²) in [5, 5.41) is 3.16. The van der Waals surface area contributed by atoms with Crippen LogP contribution in [-0.4, -0.2) is 41.9 Å². The van der Waals surface area contributed by atoms with Crippen LogP contribution in [0, 0.1) is 5.92 Å². The number of nitrogens with zero attached hydrogens (tertiary/aromatic N) is 2. The van der Waals surface area contributed by atoms with E-state index in [0.29, 0.717) is 0 Å². The molecule has 0 saturated carbocycles. The zero-order valence-electron chi connectivity index (χ0n) is 17.2. The minimum absolute atomic E-state index is 0.0592. The average molecular weight is 380 g/mol. The summed E-state index contributed by atoms with van der Waals surface area (Å²) in [6, 6.07) is 18.8. The normalized spacial score (nSPS) is 17.6. The maximum Gasteiger partial charge on any atom is 0.228 e. The number of hydrogen-bond acceptors (Lipinski definition) is 3. The van der Waals surface area contributed by atoms with E-state index in [4.69, 9.17) is 0 Å². The minimum atomic E-state index is 0.0592. The van der Waals surface area contributed by atoms with Crippen LogP contribution in [0.3, 0.4) is 0 Å². The van der Waals surface area contributed by atoms with Crippen LogP contribution in [-0.2, 0) is 17.9 Å². The van der Waals surface area contributed by atoms with Gasteiger partial charge in [0, 0.05) is 25.3 Å². The Balaban J connectivity index is 1.56. The lowest BCUT2D eigenvalue weighted by molar-refractivity contribution is -0.121. The highest BCUT2D eigenvalue weighted by atomic mass is 16.1. The largest absolute Gasteiger partial charge is 0.326 e. The summed E-state index contributed by atoms with van der Waals surface area (Å²) in [4.78, 5) is 17.6. The van der Waals surface area contributed by atoms with E-state index in [0.717, 1.165) is 57.8 Å². The molecule has 2 aromatic carbocycles. The fourth-order valence-corrected chi connectivity index (χ4v) is 3.95. The van der Waals surface area contributed by atoms with Gasteiger partial charge in [-0.05, 0) is 55.7 Å². The van der Waals surface area contributed by atoms with Crippen LogP contribution in [0.2, 0.25) is 0 Å². The highest BCUT2D eigenvalue weighted by Gasteiger charge is 2.25. The smallest absolute Gasteiger partial charge is 0.228 e. The number of piperidine rings is 1. The molecule has 1 atom stereocenters. The molecule has 1 amide bonds. The second-order valence-corrected chi connectivity index (χ2v) is 7.71. The molecule has 4 nitrogen and oxygen atoms in total. The van der Waals surface area contributed by atoms with E-state index in [1.54, 1.807) is 0 Å². The van der Waals surface area contributed by atoms with Crippen molar-refractivity contribution in [3.63, 3.8) is 0 Å². The van der Waals surface area contributed by atoms with E-state index in [1.165, 1.54) is 11.1 Å². The molecule has 1 saturated heterocycles. The number of likely N-dealkylation sites (tertiary alicyclic amines) is 1. The number of hydrogen-bond donors (Lipinski definition) is 1. The summed E-state index contributed by atoms with van der Waals surface area (Å²) in [7, 11) is 0. The molecule has 1 N–H and O–H groups in total. The van der Waals surface area contributed by atoms with Crippen molar-refractivity contribution in [2.45, 2.75) is 39.8 Å². The number of carbonyl (C=O) groups excluding carboxylic acids is 1. The highest BCUT2D eigenvalue weighted by Crippen LogP contribution is 2.21. The summed E-state index contributed by atoms with van der Waals surface area (Å²) in [5.41, 5.74) is 3.47. The van der Waals surface area contributed by atoms with Gasteiger partial charge in [-0.25, -0.2) is 0 Å². The Hall–Kier alpha value is -2.17. The molecule has 3 rings (SSSR count). The van der Waals surface area contributed by atoms with Gasteiger partial charge in [0.15, 0.2) is 0 Å². The maximum atomic E-state index is 12.9. The topological polar surface area (TPSA) is 35.6 Å². The van der Waals surface area contributed by atoms with E-state index in [9.17, 15) is 4.79 Å². The molecule has 1 fully saturated rings. The highest BCUT2D eigenvalue weighted by molar-refractivity contribution is 5.92. The van der Waals surface area contributed by atoms with Crippen molar-refractivity contribution in [2.24, 2.45) is 5.92 Å². The van der Waals surface area contributed by atoms with E-state index in [-0.39, 0.29) is 11.8 Å². The number of rotatable bonds is 8. The molecule has 1 unspecified atom stereocenters. The van der Waals surface area contributed by atoms with Gasteiger partial charge in [0.05, 0.1) is 5.92 Å². The molecule has 2 aromatic rings. The summed E-state index contributed by atoms with van der Waals surface area (Å²) >= 11 is 0. The Morgan fingerprint density at radius 2 is 1.82 bits per heavy atom. The van der Waals surface area contributed by atoms with Gasteiger partial charge < -0.3 is 5.32 Å². The lowest BCUT2D eigenvalue weighted by Gasteiger charge is -2.32. The number of carbonyl (C=O) groups is 1. The molecule has 0 spiro atoms.